The Morgan fingerprint density at radius 3 is 2.17 bits per heavy atom. The first-order chi connectivity index (χ1) is 8.77. The summed E-state index contributed by atoms with van der Waals surface area (Å²) < 4.78 is 24.9. The lowest BCUT2D eigenvalue weighted by atomic mass is 10.0. The minimum atomic E-state index is -0.439. The summed E-state index contributed by atoms with van der Waals surface area (Å²) in [7, 11) is 0. The van der Waals surface area contributed by atoms with Crippen molar-refractivity contribution < 1.29 is 13.9 Å². The van der Waals surface area contributed by atoms with Crippen LogP contribution in [-0.4, -0.2) is 13.2 Å². The maximum Gasteiger partial charge on any atom is 0.184 e. The number of benzene rings is 2. The molecule has 3 heteroatoms. The fraction of sp³-hybridized carbons (Fsp3) is 0.333. The molecular formula is C15H17FO2. The topological polar surface area (TPSA) is 18.5 Å². The number of fused-ring (bicyclic) bond motifs is 1. The zero-order valence-corrected chi connectivity index (χ0v) is 10.7. The van der Waals surface area contributed by atoms with Gasteiger partial charge in [0.1, 0.15) is 5.82 Å². The molecule has 0 aliphatic carbocycles. The van der Waals surface area contributed by atoms with Crippen molar-refractivity contribution in [2.24, 2.45) is 0 Å². The van der Waals surface area contributed by atoms with Crippen LogP contribution in [0.4, 0.5) is 4.39 Å². The molecule has 0 spiro atoms. The molecule has 18 heavy (non-hydrogen) atoms. The molecule has 0 saturated carbocycles. The Labute approximate surface area is 106 Å². The van der Waals surface area contributed by atoms with E-state index in [0.29, 0.717) is 18.6 Å². The SMILES string of the molecule is CCOC(OCC)c1ccc(F)c2ccccc12. The molecule has 0 N–H and O–H groups in total. The lowest BCUT2D eigenvalue weighted by Gasteiger charge is -2.19. The van der Waals surface area contributed by atoms with Crippen molar-refractivity contribution in [1.82, 2.24) is 0 Å². The summed E-state index contributed by atoms with van der Waals surface area (Å²) in [5.74, 6) is -0.221. The third-order valence-electron chi connectivity index (χ3n) is 2.79. The van der Waals surface area contributed by atoms with Gasteiger partial charge in [-0.1, -0.05) is 30.3 Å². The van der Waals surface area contributed by atoms with E-state index in [9.17, 15) is 4.39 Å². The van der Waals surface area contributed by atoms with E-state index in [2.05, 4.69) is 0 Å². The molecule has 96 valence electrons. The van der Waals surface area contributed by atoms with E-state index in [1.54, 1.807) is 12.1 Å². The second-order valence-corrected chi connectivity index (χ2v) is 3.92. The number of hydrogen-bond donors (Lipinski definition) is 0. The summed E-state index contributed by atoms with van der Waals surface area (Å²) in [5, 5.41) is 1.43. The number of rotatable bonds is 5. The van der Waals surface area contributed by atoms with E-state index in [-0.39, 0.29) is 5.82 Å². The lowest BCUT2D eigenvalue weighted by Crippen LogP contribution is -2.09. The second-order valence-electron chi connectivity index (χ2n) is 3.92. The van der Waals surface area contributed by atoms with Gasteiger partial charge in [0.25, 0.3) is 0 Å². The van der Waals surface area contributed by atoms with Gasteiger partial charge in [-0.25, -0.2) is 4.39 Å². The molecule has 0 bridgehead atoms. The summed E-state index contributed by atoms with van der Waals surface area (Å²) in [4.78, 5) is 0. The van der Waals surface area contributed by atoms with Gasteiger partial charge in [0.05, 0.1) is 0 Å². The van der Waals surface area contributed by atoms with Crippen molar-refractivity contribution in [3.63, 3.8) is 0 Å². The molecule has 0 unspecified atom stereocenters. The molecule has 0 aliphatic rings. The zero-order chi connectivity index (χ0) is 13.0. The van der Waals surface area contributed by atoms with Gasteiger partial charge in [-0.15, -0.1) is 0 Å². The van der Waals surface area contributed by atoms with E-state index in [0.717, 1.165) is 10.9 Å². The first-order valence-electron chi connectivity index (χ1n) is 6.18. The van der Waals surface area contributed by atoms with Gasteiger partial charge in [-0.2, -0.15) is 0 Å². The molecule has 2 rings (SSSR count). The van der Waals surface area contributed by atoms with Crippen LogP contribution >= 0.6 is 0 Å². The Kier molecular flexibility index (Phi) is 4.28. The molecule has 0 amide bonds. The number of ether oxygens (including phenoxy) is 2. The number of hydrogen-bond acceptors (Lipinski definition) is 2. The predicted octanol–water partition coefficient (Wildman–Crippen LogP) is 4.05. The standard InChI is InChI=1S/C15H17FO2/c1-3-17-15(18-4-2)13-9-10-14(16)12-8-6-5-7-11(12)13/h5-10,15H,3-4H2,1-2H3. The highest BCUT2D eigenvalue weighted by Gasteiger charge is 2.15. The Morgan fingerprint density at radius 2 is 1.56 bits per heavy atom. The second kappa shape index (κ2) is 5.94. The van der Waals surface area contributed by atoms with Crippen molar-refractivity contribution in [2.45, 2.75) is 20.1 Å². The van der Waals surface area contributed by atoms with E-state index < -0.39 is 6.29 Å². The van der Waals surface area contributed by atoms with Crippen LogP contribution in [0.25, 0.3) is 10.8 Å². The average molecular weight is 248 g/mol. The molecule has 0 aliphatic heterocycles. The lowest BCUT2D eigenvalue weighted by molar-refractivity contribution is -0.139. The van der Waals surface area contributed by atoms with Crippen LogP contribution in [0.2, 0.25) is 0 Å². The third-order valence-corrected chi connectivity index (χ3v) is 2.79. The quantitative estimate of drug-likeness (QED) is 0.743. The van der Waals surface area contributed by atoms with E-state index >= 15 is 0 Å². The van der Waals surface area contributed by atoms with Crippen molar-refractivity contribution in [1.29, 1.82) is 0 Å². The highest BCUT2D eigenvalue weighted by Crippen LogP contribution is 2.29. The van der Waals surface area contributed by atoms with Crippen LogP contribution in [-0.2, 0) is 9.47 Å². The van der Waals surface area contributed by atoms with Crippen molar-refractivity contribution in [2.75, 3.05) is 13.2 Å². The first-order valence-corrected chi connectivity index (χ1v) is 6.18. The predicted molar refractivity (Wildman–Crippen MR) is 69.9 cm³/mol. The first kappa shape index (κ1) is 13.0. The highest BCUT2D eigenvalue weighted by molar-refractivity contribution is 5.86. The Hall–Kier alpha value is -1.45. The maximum atomic E-state index is 13.7. The van der Waals surface area contributed by atoms with Crippen LogP contribution in [0.3, 0.4) is 0 Å². The van der Waals surface area contributed by atoms with Crippen molar-refractivity contribution in [3.8, 4) is 0 Å². The number of halogens is 1. The fourth-order valence-electron chi connectivity index (χ4n) is 2.02. The summed E-state index contributed by atoms with van der Waals surface area (Å²) in [6.07, 6.45) is -0.439. The monoisotopic (exact) mass is 248 g/mol. The largest absolute Gasteiger partial charge is 0.349 e. The van der Waals surface area contributed by atoms with Gasteiger partial charge in [-0.05, 0) is 25.3 Å². The summed E-state index contributed by atoms with van der Waals surface area (Å²) in [6.45, 7) is 4.93. The molecule has 2 aromatic rings. The molecule has 2 nitrogen and oxygen atoms in total. The molecule has 0 saturated heterocycles. The van der Waals surface area contributed by atoms with Crippen molar-refractivity contribution >= 4 is 10.8 Å². The van der Waals surface area contributed by atoms with Crippen molar-refractivity contribution in [3.05, 3.63) is 47.8 Å². The van der Waals surface area contributed by atoms with E-state index in [4.69, 9.17) is 9.47 Å². The van der Waals surface area contributed by atoms with Crippen LogP contribution in [0.1, 0.15) is 25.7 Å². The van der Waals surface area contributed by atoms with Gasteiger partial charge >= 0.3 is 0 Å². The van der Waals surface area contributed by atoms with Crippen LogP contribution in [0, 0.1) is 5.82 Å². The van der Waals surface area contributed by atoms with Crippen LogP contribution in [0.5, 0.6) is 0 Å². The maximum absolute atomic E-state index is 13.7. The van der Waals surface area contributed by atoms with E-state index in [1.807, 2.05) is 32.0 Å². The highest BCUT2D eigenvalue weighted by atomic mass is 19.1. The molecule has 0 aromatic heterocycles. The molecule has 0 heterocycles. The van der Waals surface area contributed by atoms with Crippen LogP contribution in [0.15, 0.2) is 36.4 Å². The Bertz CT molecular complexity index is 519. The molecular weight excluding hydrogens is 231 g/mol. The summed E-state index contributed by atoms with van der Waals surface area (Å²) >= 11 is 0. The van der Waals surface area contributed by atoms with Gasteiger partial charge < -0.3 is 9.47 Å². The Morgan fingerprint density at radius 1 is 0.944 bits per heavy atom. The fourth-order valence-corrected chi connectivity index (χ4v) is 2.02. The molecule has 0 fully saturated rings. The Balaban J connectivity index is 2.52. The molecule has 0 atom stereocenters. The van der Waals surface area contributed by atoms with Gasteiger partial charge in [-0.3, -0.25) is 0 Å². The average Bonchev–Trinajstić information content (AvgIpc) is 2.39. The van der Waals surface area contributed by atoms with Crippen LogP contribution < -0.4 is 0 Å². The third kappa shape index (κ3) is 2.52. The normalized spacial score (nSPS) is 11.3. The summed E-state index contributed by atoms with van der Waals surface area (Å²) in [6, 6.07) is 10.6. The minimum Gasteiger partial charge on any atom is -0.349 e. The van der Waals surface area contributed by atoms with Gasteiger partial charge in [0, 0.05) is 24.2 Å². The smallest absolute Gasteiger partial charge is 0.184 e. The van der Waals surface area contributed by atoms with Gasteiger partial charge in [0.15, 0.2) is 6.29 Å². The molecule has 0 radical (unpaired) electrons. The molecule has 2 aromatic carbocycles. The summed E-state index contributed by atoms with van der Waals surface area (Å²) in [5.41, 5.74) is 0.871. The van der Waals surface area contributed by atoms with E-state index in [1.165, 1.54) is 6.07 Å². The van der Waals surface area contributed by atoms with Gasteiger partial charge in [0.2, 0.25) is 0 Å². The minimum absolute atomic E-state index is 0.221. The zero-order valence-electron chi connectivity index (χ0n) is 10.7.